The van der Waals surface area contributed by atoms with Gasteiger partial charge < -0.3 is 9.73 Å². The van der Waals surface area contributed by atoms with Crippen LogP contribution in [0.5, 0.6) is 0 Å². The highest BCUT2D eigenvalue weighted by atomic mass is 35.5. The van der Waals surface area contributed by atoms with Gasteiger partial charge in [0.05, 0.1) is 18.1 Å². The Morgan fingerprint density at radius 2 is 2.12 bits per heavy atom. The number of nitrogens with zero attached hydrogens (tertiary/aromatic N) is 2. The Balaban J connectivity index is 1.57. The Morgan fingerprint density at radius 3 is 2.83 bits per heavy atom. The summed E-state index contributed by atoms with van der Waals surface area (Å²) in [4.78, 5) is 12.4. The first-order valence-corrected chi connectivity index (χ1v) is 9.25. The maximum Gasteiger partial charge on any atom is 0.206 e. The summed E-state index contributed by atoms with van der Waals surface area (Å²) in [6, 6.07) is 10.6. The maximum absolute atomic E-state index is 12.4. The van der Waals surface area contributed by atoms with E-state index in [0.29, 0.717) is 22.3 Å². The molecule has 0 saturated heterocycles. The molecule has 8 heteroatoms. The van der Waals surface area contributed by atoms with Gasteiger partial charge in [0.15, 0.2) is 10.1 Å². The lowest BCUT2D eigenvalue weighted by Crippen LogP contribution is -2.13. The van der Waals surface area contributed by atoms with Crippen molar-refractivity contribution in [1.29, 1.82) is 0 Å². The number of rotatable bonds is 7. The predicted molar refractivity (Wildman–Crippen MR) is 97.0 cm³/mol. The molecule has 3 aromatic rings. The van der Waals surface area contributed by atoms with Crippen molar-refractivity contribution in [3.05, 3.63) is 59.0 Å². The van der Waals surface area contributed by atoms with E-state index in [4.69, 9.17) is 16.0 Å². The summed E-state index contributed by atoms with van der Waals surface area (Å²) in [7, 11) is 0. The third-order valence-corrected chi connectivity index (χ3v) is 5.49. The largest absolute Gasteiger partial charge is 0.467 e. The second-order valence-corrected chi connectivity index (χ2v) is 7.94. The Kier molecular flexibility index (Phi) is 5.55. The van der Waals surface area contributed by atoms with E-state index in [0.717, 1.165) is 10.1 Å². The molecule has 0 radical (unpaired) electrons. The lowest BCUT2D eigenvalue weighted by Gasteiger charge is -2.07. The first-order chi connectivity index (χ1) is 11.6. The van der Waals surface area contributed by atoms with Crippen molar-refractivity contribution in [3.63, 3.8) is 0 Å². The lowest BCUT2D eigenvalue weighted by molar-refractivity contribution is 0.0994. The van der Waals surface area contributed by atoms with Crippen LogP contribution in [-0.4, -0.2) is 21.2 Å². The Bertz CT molecular complexity index is 803. The summed E-state index contributed by atoms with van der Waals surface area (Å²) in [5.41, 5.74) is 0.639. The van der Waals surface area contributed by atoms with Gasteiger partial charge in [0, 0.05) is 10.6 Å². The minimum atomic E-state index is -0.253. The molecule has 1 aromatic carbocycles. The van der Waals surface area contributed by atoms with Crippen molar-refractivity contribution >= 4 is 45.6 Å². The summed E-state index contributed by atoms with van der Waals surface area (Å²) in [5.74, 6) is 0.864. The summed E-state index contributed by atoms with van der Waals surface area (Å²) >= 11 is 8.65. The minimum absolute atomic E-state index is 0.0389. The summed E-state index contributed by atoms with van der Waals surface area (Å²) in [6.07, 6.45) is 1.63. The van der Waals surface area contributed by atoms with Crippen molar-refractivity contribution in [2.75, 3.05) is 5.32 Å². The Morgan fingerprint density at radius 1 is 1.33 bits per heavy atom. The van der Waals surface area contributed by atoms with Crippen LogP contribution in [0.2, 0.25) is 5.02 Å². The smallest absolute Gasteiger partial charge is 0.206 e. The first-order valence-electron chi connectivity index (χ1n) is 7.18. The highest BCUT2D eigenvalue weighted by Gasteiger charge is 2.18. The molecule has 1 atom stereocenters. The number of halogens is 1. The van der Waals surface area contributed by atoms with E-state index in [1.807, 2.05) is 19.1 Å². The number of benzene rings is 1. The minimum Gasteiger partial charge on any atom is -0.467 e. The number of carbonyl (C=O) groups is 1. The molecule has 0 saturated carbocycles. The number of thioether (sulfide) groups is 1. The van der Waals surface area contributed by atoms with Gasteiger partial charge in [-0.3, -0.25) is 4.79 Å². The van der Waals surface area contributed by atoms with Crippen LogP contribution in [0.4, 0.5) is 5.13 Å². The predicted octanol–water partition coefficient (Wildman–Crippen LogP) is 4.76. The van der Waals surface area contributed by atoms with E-state index in [1.54, 1.807) is 30.5 Å². The highest BCUT2D eigenvalue weighted by molar-refractivity contribution is 8.02. The molecule has 0 spiro atoms. The molecule has 24 heavy (non-hydrogen) atoms. The van der Waals surface area contributed by atoms with Crippen LogP contribution in [0.3, 0.4) is 0 Å². The highest BCUT2D eigenvalue weighted by Crippen LogP contribution is 2.30. The fourth-order valence-corrected chi connectivity index (χ4v) is 4.05. The van der Waals surface area contributed by atoms with E-state index >= 15 is 0 Å². The zero-order chi connectivity index (χ0) is 16.9. The van der Waals surface area contributed by atoms with Crippen molar-refractivity contribution in [3.8, 4) is 0 Å². The molecular weight excluding hydrogens is 366 g/mol. The fraction of sp³-hybridized carbons (Fsp3) is 0.188. The normalized spacial score (nSPS) is 12.1. The average Bonchev–Trinajstić information content (AvgIpc) is 3.24. The average molecular weight is 380 g/mol. The third kappa shape index (κ3) is 4.37. The van der Waals surface area contributed by atoms with Gasteiger partial charge in [-0.05, 0) is 43.3 Å². The molecule has 2 heterocycles. The molecule has 124 valence electrons. The van der Waals surface area contributed by atoms with Crippen molar-refractivity contribution < 1.29 is 9.21 Å². The number of carbonyl (C=O) groups excluding carboxylic acids is 1. The number of hydrogen-bond donors (Lipinski definition) is 1. The molecule has 0 aliphatic heterocycles. The molecule has 0 bridgehead atoms. The topological polar surface area (TPSA) is 68.0 Å². The SMILES string of the molecule is CC(Sc1nnc(NCc2ccco2)s1)C(=O)c1ccc(Cl)cc1. The monoisotopic (exact) mass is 379 g/mol. The quantitative estimate of drug-likeness (QED) is 0.471. The molecule has 0 fully saturated rings. The molecule has 1 N–H and O–H groups in total. The van der Waals surface area contributed by atoms with Gasteiger partial charge in [0.1, 0.15) is 5.76 Å². The molecule has 2 aromatic heterocycles. The number of anilines is 1. The Hall–Kier alpha value is -1.83. The van der Waals surface area contributed by atoms with Crippen LogP contribution in [0, 0.1) is 0 Å². The Labute approximate surface area is 152 Å². The second-order valence-electron chi connectivity index (χ2n) is 4.94. The van der Waals surface area contributed by atoms with Crippen LogP contribution in [0.15, 0.2) is 51.4 Å². The van der Waals surface area contributed by atoms with E-state index in [2.05, 4.69) is 15.5 Å². The van der Waals surface area contributed by atoms with Gasteiger partial charge in [0.2, 0.25) is 5.13 Å². The molecule has 1 unspecified atom stereocenters. The van der Waals surface area contributed by atoms with Crippen molar-refractivity contribution in [2.24, 2.45) is 0 Å². The number of nitrogens with one attached hydrogen (secondary N) is 1. The van der Waals surface area contributed by atoms with Gasteiger partial charge in [-0.1, -0.05) is 34.7 Å². The van der Waals surface area contributed by atoms with Crippen LogP contribution < -0.4 is 5.32 Å². The van der Waals surface area contributed by atoms with Gasteiger partial charge in [-0.15, -0.1) is 10.2 Å². The van der Waals surface area contributed by atoms with Gasteiger partial charge in [-0.2, -0.15) is 0 Å². The summed E-state index contributed by atoms with van der Waals surface area (Å²) in [6.45, 7) is 2.41. The molecule has 0 aliphatic rings. The number of ketones is 1. The van der Waals surface area contributed by atoms with Crippen LogP contribution in [0.25, 0.3) is 0 Å². The van der Waals surface area contributed by atoms with Crippen LogP contribution >= 0.6 is 34.7 Å². The molecule has 5 nitrogen and oxygen atoms in total. The van der Waals surface area contributed by atoms with E-state index in [1.165, 1.54) is 23.1 Å². The second kappa shape index (κ2) is 7.83. The molecule has 0 amide bonds. The van der Waals surface area contributed by atoms with Crippen LogP contribution in [-0.2, 0) is 6.54 Å². The summed E-state index contributed by atoms with van der Waals surface area (Å²) < 4.78 is 5.99. The molecular formula is C16H14ClN3O2S2. The number of Topliss-reactive ketones (excluding diaryl/α,β-unsaturated/α-hetero) is 1. The standard InChI is InChI=1S/C16H14ClN3O2S2/c1-10(14(21)11-4-6-12(17)7-5-11)23-16-20-19-15(24-16)18-9-13-3-2-8-22-13/h2-8,10H,9H2,1H3,(H,18,19). The van der Waals surface area contributed by atoms with E-state index in [-0.39, 0.29) is 11.0 Å². The number of aromatic nitrogens is 2. The zero-order valence-corrected chi connectivity index (χ0v) is 15.1. The van der Waals surface area contributed by atoms with Gasteiger partial charge in [-0.25, -0.2) is 0 Å². The lowest BCUT2D eigenvalue weighted by atomic mass is 10.1. The van der Waals surface area contributed by atoms with Crippen molar-refractivity contribution in [1.82, 2.24) is 10.2 Å². The zero-order valence-electron chi connectivity index (χ0n) is 12.7. The molecule has 3 rings (SSSR count). The summed E-state index contributed by atoms with van der Waals surface area (Å²) in [5, 5.41) is 12.4. The van der Waals surface area contributed by atoms with E-state index in [9.17, 15) is 4.79 Å². The van der Waals surface area contributed by atoms with Crippen LogP contribution in [0.1, 0.15) is 23.0 Å². The molecule has 0 aliphatic carbocycles. The number of hydrogen-bond acceptors (Lipinski definition) is 7. The number of furan rings is 1. The van der Waals surface area contributed by atoms with Gasteiger partial charge >= 0.3 is 0 Å². The van der Waals surface area contributed by atoms with Gasteiger partial charge in [0.25, 0.3) is 0 Å². The van der Waals surface area contributed by atoms with E-state index < -0.39 is 0 Å². The third-order valence-electron chi connectivity index (χ3n) is 3.18. The van der Waals surface area contributed by atoms with Crippen molar-refractivity contribution in [2.45, 2.75) is 23.1 Å². The fourth-order valence-electron chi connectivity index (χ4n) is 1.96. The maximum atomic E-state index is 12.4. The first kappa shape index (κ1) is 17.0.